The minimum absolute atomic E-state index is 0.301. The van der Waals surface area contributed by atoms with Gasteiger partial charge in [-0.15, -0.1) is 0 Å². The van der Waals surface area contributed by atoms with Crippen molar-refractivity contribution in [3.63, 3.8) is 0 Å². The van der Waals surface area contributed by atoms with Crippen molar-refractivity contribution in [3.8, 4) is 5.75 Å². The Hall–Kier alpha value is -2.01. The highest BCUT2D eigenvalue weighted by molar-refractivity contribution is 5.90. The molecule has 0 unspecified atom stereocenters. The van der Waals surface area contributed by atoms with E-state index in [1.54, 1.807) is 13.0 Å². The van der Waals surface area contributed by atoms with Crippen molar-refractivity contribution in [3.05, 3.63) is 30.0 Å². The normalized spacial score (nSPS) is 11.0. The summed E-state index contributed by atoms with van der Waals surface area (Å²) in [6.45, 7) is 2.98. The second kappa shape index (κ2) is 6.43. The van der Waals surface area contributed by atoms with Crippen LogP contribution in [-0.2, 0) is 11.2 Å². The van der Waals surface area contributed by atoms with Gasteiger partial charge in [0.25, 0.3) is 0 Å². The lowest BCUT2D eigenvalue weighted by molar-refractivity contribution is 0.105. The monoisotopic (exact) mass is 276 g/mol. The molecule has 1 N–H and O–H groups in total. The lowest BCUT2D eigenvalue weighted by Gasteiger charge is -2.10. The molecule has 1 aromatic carbocycles. The minimum atomic E-state index is -0.667. The smallest absolute Gasteiger partial charge is 0.434 e. The highest BCUT2D eigenvalue weighted by atomic mass is 16.7. The number of H-pyrrole nitrogens is 1. The van der Waals surface area contributed by atoms with Crippen LogP contribution >= 0.6 is 0 Å². The van der Waals surface area contributed by atoms with Crippen LogP contribution in [0.2, 0.25) is 0 Å². The average molecular weight is 276 g/mol. The van der Waals surface area contributed by atoms with E-state index < -0.39 is 6.16 Å². The molecule has 0 atom stereocenters. The fraction of sp³-hybridized carbons (Fsp3) is 0.400. The van der Waals surface area contributed by atoms with Crippen LogP contribution in [0.3, 0.4) is 0 Å². The zero-order chi connectivity index (χ0) is 14.5. The third kappa shape index (κ3) is 3.30. The lowest BCUT2D eigenvalue weighted by Crippen LogP contribution is -2.15. The first-order valence-electron chi connectivity index (χ1n) is 6.70. The predicted molar refractivity (Wildman–Crippen MR) is 78.2 cm³/mol. The van der Waals surface area contributed by atoms with E-state index in [0.29, 0.717) is 12.4 Å². The summed E-state index contributed by atoms with van der Waals surface area (Å²) >= 11 is 0. The van der Waals surface area contributed by atoms with Crippen molar-refractivity contribution < 1.29 is 14.3 Å². The maximum atomic E-state index is 11.5. The molecule has 20 heavy (non-hydrogen) atoms. The van der Waals surface area contributed by atoms with Crippen LogP contribution in [0.4, 0.5) is 4.79 Å². The van der Waals surface area contributed by atoms with E-state index in [4.69, 9.17) is 9.47 Å². The topological polar surface area (TPSA) is 54.6 Å². The highest BCUT2D eigenvalue weighted by Gasteiger charge is 2.13. The molecule has 0 fully saturated rings. The number of hydrogen-bond donors (Lipinski definition) is 1. The first-order valence-corrected chi connectivity index (χ1v) is 6.70. The van der Waals surface area contributed by atoms with Gasteiger partial charge in [0.15, 0.2) is 0 Å². The molecular weight excluding hydrogens is 256 g/mol. The summed E-state index contributed by atoms with van der Waals surface area (Å²) in [7, 11) is 4.07. The zero-order valence-electron chi connectivity index (χ0n) is 12.1. The van der Waals surface area contributed by atoms with Crippen LogP contribution in [0.5, 0.6) is 5.75 Å². The number of rotatable bonds is 5. The molecule has 2 rings (SSSR count). The Morgan fingerprint density at radius 2 is 2.15 bits per heavy atom. The van der Waals surface area contributed by atoms with Gasteiger partial charge >= 0.3 is 6.16 Å². The number of benzene rings is 1. The first-order chi connectivity index (χ1) is 9.61. The van der Waals surface area contributed by atoms with Gasteiger partial charge in [-0.3, -0.25) is 0 Å². The maximum Gasteiger partial charge on any atom is 0.513 e. The van der Waals surface area contributed by atoms with Crippen molar-refractivity contribution in [2.45, 2.75) is 13.3 Å². The molecule has 0 spiro atoms. The Labute approximate surface area is 118 Å². The summed E-state index contributed by atoms with van der Waals surface area (Å²) in [5.41, 5.74) is 2.09. The number of carbonyl (C=O) groups excluding carboxylic acids is 1. The molecule has 5 nitrogen and oxygen atoms in total. The number of fused-ring (bicyclic) bond motifs is 1. The van der Waals surface area contributed by atoms with Crippen molar-refractivity contribution in [2.75, 3.05) is 27.2 Å². The number of nitrogens with one attached hydrogen (secondary N) is 1. The summed E-state index contributed by atoms with van der Waals surface area (Å²) in [5, 5.41) is 0.947. The summed E-state index contributed by atoms with van der Waals surface area (Å²) in [6, 6.07) is 5.60. The summed E-state index contributed by atoms with van der Waals surface area (Å²) < 4.78 is 10.1. The number of nitrogens with zero attached hydrogens (tertiary/aromatic N) is 1. The van der Waals surface area contributed by atoms with E-state index >= 15 is 0 Å². The van der Waals surface area contributed by atoms with E-state index in [-0.39, 0.29) is 0 Å². The molecule has 108 valence electrons. The molecule has 5 heteroatoms. The average Bonchev–Trinajstić information content (AvgIpc) is 2.81. The SMILES string of the molecule is CCOC(=O)Oc1cccc2[nH]cc(CCN(C)C)c12. The van der Waals surface area contributed by atoms with E-state index in [9.17, 15) is 4.79 Å². The molecular formula is C15H20N2O3. The Balaban J connectivity index is 2.29. The molecule has 0 aliphatic rings. The van der Waals surface area contributed by atoms with Gasteiger partial charge in [0.1, 0.15) is 5.75 Å². The van der Waals surface area contributed by atoms with E-state index in [0.717, 1.165) is 29.4 Å². The molecule has 0 saturated carbocycles. The lowest BCUT2D eigenvalue weighted by atomic mass is 10.1. The fourth-order valence-electron chi connectivity index (χ4n) is 2.08. The zero-order valence-corrected chi connectivity index (χ0v) is 12.1. The van der Waals surface area contributed by atoms with Crippen molar-refractivity contribution in [1.82, 2.24) is 9.88 Å². The molecule has 0 radical (unpaired) electrons. The van der Waals surface area contributed by atoms with Crippen molar-refractivity contribution in [2.24, 2.45) is 0 Å². The quantitative estimate of drug-likeness (QED) is 0.674. The Bertz CT molecular complexity index is 590. The minimum Gasteiger partial charge on any atom is -0.434 e. The molecule has 1 aromatic heterocycles. The number of aromatic amines is 1. The Kier molecular flexibility index (Phi) is 4.63. The van der Waals surface area contributed by atoms with Gasteiger partial charge in [-0.1, -0.05) is 6.07 Å². The van der Waals surface area contributed by atoms with Crippen molar-refractivity contribution in [1.29, 1.82) is 0 Å². The van der Waals surface area contributed by atoms with Gasteiger partial charge in [-0.25, -0.2) is 4.79 Å². The van der Waals surface area contributed by atoms with E-state index in [1.165, 1.54) is 0 Å². The number of ether oxygens (including phenoxy) is 2. The van der Waals surface area contributed by atoms with Gasteiger partial charge < -0.3 is 19.4 Å². The van der Waals surface area contributed by atoms with Gasteiger partial charge in [0.05, 0.1) is 6.61 Å². The van der Waals surface area contributed by atoms with Gasteiger partial charge in [0.2, 0.25) is 0 Å². The maximum absolute atomic E-state index is 11.5. The predicted octanol–water partition coefficient (Wildman–Crippen LogP) is 2.81. The molecule has 0 amide bonds. The molecule has 2 aromatic rings. The summed E-state index contributed by atoms with van der Waals surface area (Å²) in [6.07, 6.45) is 2.18. The third-order valence-electron chi connectivity index (χ3n) is 3.03. The fourth-order valence-corrected chi connectivity index (χ4v) is 2.08. The molecule has 0 bridgehead atoms. The Morgan fingerprint density at radius 3 is 2.85 bits per heavy atom. The number of carbonyl (C=O) groups is 1. The largest absolute Gasteiger partial charge is 0.513 e. The highest BCUT2D eigenvalue weighted by Crippen LogP contribution is 2.29. The van der Waals surface area contributed by atoms with Gasteiger partial charge in [-0.2, -0.15) is 0 Å². The third-order valence-corrected chi connectivity index (χ3v) is 3.03. The Morgan fingerprint density at radius 1 is 1.35 bits per heavy atom. The van der Waals surface area contributed by atoms with Crippen LogP contribution in [0.25, 0.3) is 10.9 Å². The van der Waals surface area contributed by atoms with Crippen LogP contribution < -0.4 is 4.74 Å². The van der Waals surface area contributed by atoms with Crippen LogP contribution in [0, 0.1) is 0 Å². The van der Waals surface area contributed by atoms with E-state index in [1.807, 2.05) is 32.4 Å². The van der Waals surface area contributed by atoms with E-state index in [2.05, 4.69) is 9.88 Å². The summed E-state index contributed by atoms with van der Waals surface area (Å²) in [5.74, 6) is 0.538. The van der Waals surface area contributed by atoms with Crippen LogP contribution in [-0.4, -0.2) is 43.3 Å². The van der Waals surface area contributed by atoms with Crippen molar-refractivity contribution >= 4 is 17.1 Å². The molecule has 1 heterocycles. The van der Waals surface area contributed by atoms with Gasteiger partial charge in [0, 0.05) is 23.6 Å². The number of likely N-dealkylation sites (N-methyl/N-ethyl adjacent to an activating group) is 1. The van der Waals surface area contributed by atoms with Crippen LogP contribution in [0.15, 0.2) is 24.4 Å². The second-order valence-electron chi connectivity index (χ2n) is 4.83. The standard InChI is InChI=1S/C15H20N2O3/c1-4-19-15(18)20-13-7-5-6-12-14(13)11(10-16-12)8-9-17(2)3/h5-7,10,16H,4,8-9H2,1-3H3. The second-order valence-corrected chi connectivity index (χ2v) is 4.83. The summed E-state index contributed by atoms with van der Waals surface area (Å²) in [4.78, 5) is 16.8. The number of aromatic nitrogens is 1. The van der Waals surface area contributed by atoms with Crippen LogP contribution in [0.1, 0.15) is 12.5 Å². The number of hydrogen-bond acceptors (Lipinski definition) is 4. The molecule has 0 aliphatic carbocycles. The first kappa shape index (κ1) is 14.4. The van der Waals surface area contributed by atoms with Gasteiger partial charge in [-0.05, 0) is 45.1 Å². The molecule has 0 aliphatic heterocycles. The molecule has 0 saturated heterocycles.